The van der Waals surface area contributed by atoms with Crippen LogP contribution in [0.4, 0.5) is 4.79 Å². The van der Waals surface area contributed by atoms with Crippen LogP contribution in [0.1, 0.15) is 31.4 Å². The molecule has 9 heteroatoms. The lowest BCUT2D eigenvalue weighted by molar-refractivity contribution is -0.146. The maximum atomic E-state index is 13.1. The molecule has 0 saturated heterocycles. The van der Waals surface area contributed by atoms with E-state index >= 15 is 0 Å². The standard InChI is InChI=1S/C27H32N2O7/c1-19(2)14-15-35-24(30)17-22(29-27(33)36-18-21-12-8-5-9-13-21)25(31)28-23(26(32)34-3)16-20-10-6-4-7-11-20/h4-14,22-23H,15-18H2,1-3H3,(H,28,31)(H,29,33)/t22-,23?/m0/s1. The molecular weight excluding hydrogens is 464 g/mol. The predicted octanol–water partition coefficient (Wildman–Crippen LogP) is 3.08. The number of carbonyl (C=O) groups is 4. The van der Waals surface area contributed by atoms with E-state index < -0.39 is 42.4 Å². The molecule has 2 rings (SSSR count). The molecule has 0 bridgehead atoms. The van der Waals surface area contributed by atoms with Crippen LogP contribution in [0.2, 0.25) is 0 Å². The molecule has 2 aromatic carbocycles. The van der Waals surface area contributed by atoms with Crippen LogP contribution in [0.15, 0.2) is 72.3 Å². The summed E-state index contributed by atoms with van der Waals surface area (Å²) in [5, 5.41) is 4.97. The molecule has 2 amide bonds. The minimum atomic E-state index is -1.34. The van der Waals surface area contributed by atoms with Crippen molar-refractivity contribution in [1.82, 2.24) is 10.6 Å². The topological polar surface area (TPSA) is 120 Å². The van der Waals surface area contributed by atoms with Gasteiger partial charge in [0.15, 0.2) is 0 Å². The van der Waals surface area contributed by atoms with Crippen molar-refractivity contribution in [3.05, 3.63) is 83.4 Å². The average molecular weight is 497 g/mol. The first-order valence-electron chi connectivity index (χ1n) is 11.5. The Morgan fingerprint density at radius 2 is 1.44 bits per heavy atom. The lowest BCUT2D eigenvalue weighted by atomic mass is 10.1. The van der Waals surface area contributed by atoms with Crippen molar-refractivity contribution in [2.24, 2.45) is 0 Å². The van der Waals surface area contributed by atoms with Crippen molar-refractivity contribution in [2.45, 2.75) is 45.4 Å². The molecule has 36 heavy (non-hydrogen) atoms. The van der Waals surface area contributed by atoms with Crippen LogP contribution in [0.25, 0.3) is 0 Å². The van der Waals surface area contributed by atoms with E-state index in [4.69, 9.17) is 14.2 Å². The molecule has 0 aliphatic carbocycles. The first kappa shape index (κ1) is 28.1. The van der Waals surface area contributed by atoms with E-state index in [-0.39, 0.29) is 19.6 Å². The zero-order valence-corrected chi connectivity index (χ0v) is 20.7. The second-order valence-corrected chi connectivity index (χ2v) is 8.20. The minimum Gasteiger partial charge on any atom is -0.467 e. The number of hydrogen-bond acceptors (Lipinski definition) is 7. The lowest BCUT2D eigenvalue weighted by Crippen LogP contribution is -2.53. The Hall–Kier alpha value is -4.14. The smallest absolute Gasteiger partial charge is 0.408 e. The fraction of sp³-hybridized carbons (Fsp3) is 0.333. The Labute approximate surface area is 210 Å². The lowest BCUT2D eigenvalue weighted by Gasteiger charge is -2.22. The van der Waals surface area contributed by atoms with E-state index in [1.54, 1.807) is 54.6 Å². The average Bonchev–Trinajstić information content (AvgIpc) is 2.87. The fourth-order valence-corrected chi connectivity index (χ4v) is 3.10. The van der Waals surface area contributed by atoms with Crippen molar-refractivity contribution in [3.8, 4) is 0 Å². The third-order valence-corrected chi connectivity index (χ3v) is 5.01. The second kappa shape index (κ2) is 15.0. The summed E-state index contributed by atoms with van der Waals surface area (Å²) in [6, 6.07) is 15.7. The minimum absolute atomic E-state index is 0.0230. The molecule has 0 aliphatic heterocycles. The van der Waals surface area contributed by atoms with Gasteiger partial charge in [0.2, 0.25) is 5.91 Å². The van der Waals surface area contributed by atoms with Gasteiger partial charge in [0.1, 0.15) is 25.3 Å². The molecule has 192 valence electrons. The molecule has 0 saturated carbocycles. The Balaban J connectivity index is 2.10. The maximum absolute atomic E-state index is 13.1. The zero-order chi connectivity index (χ0) is 26.3. The molecule has 2 N–H and O–H groups in total. The highest BCUT2D eigenvalue weighted by Crippen LogP contribution is 2.07. The van der Waals surface area contributed by atoms with Gasteiger partial charge in [0.05, 0.1) is 13.5 Å². The third-order valence-electron chi connectivity index (χ3n) is 5.01. The summed E-state index contributed by atoms with van der Waals surface area (Å²) in [6.07, 6.45) is 0.521. The number of benzene rings is 2. The Bertz CT molecular complexity index is 1030. The Morgan fingerprint density at radius 3 is 2.03 bits per heavy atom. The second-order valence-electron chi connectivity index (χ2n) is 8.20. The van der Waals surface area contributed by atoms with Gasteiger partial charge >= 0.3 is 18.0 Å². The summed E-state index contributed by atoms with van der Waals surface area (Å²) in [5.74, 6) is -2.12. The van der Waals surface area contributed by atoms with Gasteiger partial charge in [-0.2, -0.15) is 0 Å². The van der Waals surface area contributed by atoms with Gasteiger partial charge in [-0.05, 0) is 31.1 Å². The van der Waals surface area contributed by atoms with Crippen LogP contribution in [0, 0.1) is 0 Å². The van der Waals surface area contributed by atoms with Gasteiger partial charge in [-0.1, -0.05) is 66.2 Å². The molecule has 0 aromatic heterocycles. The molecule has 2 aromatic rings. The van der Waals surface area contributed by atoms with Crippen LogP contribution in [-0.4, -0.2) is 49.7 Å². The number of esters is 2. The molecule has 2 atom stereocenters. The van der Waals surface area contributed by atoms with Gasteiger partial charge in [-0.25, -0.2) is 9.59 Å². The van der Waals surface area contributed by atoms with E-state index in [2.05, 4.69) is 10.6 Å². The van der Waals surface area contributed by atoms with Crippen molar-refractivity contribution in [2.75, 3.05) is 13.7 Å². The summed E-state index contributed by atoms with van der Waals surface area (Å²) in [5.41, 5.74) is 2.51. The van der Waals surface area contributed by atoms with E-state index in [9.17, 15) is 19.2 Å². The van der Waals surface area contributed by atoms with E-state index in [0.29, 0.717) is 0 Å². The highest BCUT2D eigenvalue weighted by Gasteiger charge is 2.30. The van der Waals surface area contributed by atoms with E-state index in [0.717, 1.165) is 16.7 Å². The van der Waals surface area contributed by atoms with Gasteiger partial charge in [0.25, 0.3) is 0 Å². The molecule has 0 spiro atoms. The van der Waals surface area contributed by atoms with Gasteiger partial charge in [-0.15, -0.1) is 0 Å². The van der Waals surface area contributed by atoms with Gasteiger partial charge < -0.3 is 24.8 Å². The maximum Gasteiger partial charge on any atom is 0.408 e. The number of carbonyl (C=O) groups excluding carboxylic acids is 4. The molecule has 1 unspecified atom stereocenters. The summed E-state index contributed by atoms with van der Waals surface area (Å²) < 4.78 is 15.2. The quantitative estimate of drug-likeness (QED) is 0.263. The molecule has 0 radical (unpaired) electrons. The monoisotopic (exact) mass is 496 g/mol. The molecule has 9 nitrogen and oxygen atoms in total. The number of ether oxygens (including phenoxy) is 3. The van der Waals surface area contributed by atoms with Crippen LogP contribution < -0.4 is 10.6 Å². The van der Waals surface area contributed by atoms with Crippen LogP contribution in [0.3, 0.4) is 0 Å². The summed E-state index contributed by atoms with van der Waals surface area (Å²) in [4.78, 5) is 50.2. The third kappa shape index (κ3) is 10.4. The zero-order valence-electron chi connectivity index (χ0n) is 20.7. The van der Waals surface area contributed by atoms with Crippen LogP contribution in [-0.2, 0) is 41.6 Å². The molecule has 0 aliphatic rings. The Morgan fingerprint density at radius 1 is 0.833 bits per heavy atom. The Kier molecular flexibility index (Phi) is 11.7. The SMILES string of the molecule is COC(=O)C(Cc1ccccc1)NC(=O)[C@H](CC(=O)OCC=C(C)C)NC(=O)OCc1ccccc1. The summed E-state index contributed by atoms with van der Waals surface area (Å²) in [7, 11) is 1.21. The predicted molar refractivity (Wildman–Crippen MR) is 133 cm³/mol. The van der Waals surface area contributed by atoms with Crippen molar-refractivity contribution in [1.29, 1.82) is 0 Å². The highest BCUT2D eigenvalue weighted by molar-refractivity contribution is 5.92. The van der Waals surface area contributed by atoms with Crippen LogP contribution >= 0.6 is 0 Å². The van der Waals surface area contributed by atoms with Gasteiger partial charge in [0, 0.05) is 6.42 Å². The van der Waals surface area contributed by atoms with E-state index in [1.165, 1.54) is 7.11 Å². The molecule has 0 fully saturated rings. The number of rotatable bonds is 12. The molecule has 0 heterocycles. The number of nitrogens with one attached hydrogen (secondary N) is 2. The fourth-order valence-electron chi connectivity index (χ4n) is 3.10. The highest BCUT2D eigenvalue weighted by atomic mass is 16.6. The largest absolute Gasteiger partial charge is 0.467 e. The number of alkyl carbamates (subject to hydrolysis) is 1. The summed E-state index contributed by atoms with van der Waals surface area (Å²) >= 11 is 0. The normalized spacial score (nSPS) is 11.9. The number of methoxy groups -OCH3 is 1. The summed E-state index contributed by atoms with van der Waals surface area (Å²) in [6.45, 7) is 3.72. The van der Waals surface area contributed by atoms with Crippen LogP contribution in [0.5, 0.6) is 0 Å². The number of allylic oxidation sites excluding steroid dienone is 1. The first-order valence-corrected chi connectivity index (χ1v) is 11.5. The number of amides is 2. The van der Waals surface area contributed by atoms with E-state index in [1.807, 2.05) is 26.0 Å². The van der Waals surface area contributed by atoms with Crippen molar-refractivity contribution < 1.29 is 33.4 Å². The van der Waals surface area contributed by atoms with Crippen molar-refractivity contribution in [3.63, 3.8) is 0 Å². The number of hydrogen-bond donors (Lipinski definition) is 2. The molecular formula is C27H32N2O7. The van der Waals surface area contributed by atoms with Crippen molar-refractivity contribution >= 4 is 23.9 Å². The first-order chi connectivity index (χ1) is 17.3. The van der Waals surface area contributed by atoms with Gasteiger partial charge in [-0.3, -0.25) is 9.59 Å².